The third kappa shape index (κ3) is 5.09. The van der Waals surface area contributed by atoms with E-state index in [1.165, 1.54) is 13.0 Å². The lowest BCUT2D eigenvalue weighted by Gasteiger charge is -2.12. The zero-order valence-corrected chi connectivity index (χ0v) is 14.1. The predicted octanol–water partition coefficient (Wildman–Crippen LogP) is 4.33. The first kappa shape index (κ1) is 17.5. The third-order valence-corrected chi connectivity index (χ3v) is 3.16. The number of carbonyl (C=O) groups is 2. The van der Waals surface area contributed by atoms with Gasteiger partial charge in [-0.05, 0) is 44.2 Å². The van der Waals surface area contributed by atoms with Crippen LogP contribution in [0.2, 0.25) is 0 Å². The largest absolute Gasteiger partial charge is 0.490 e. The fourth-order valence-electron chi connectivity index (χ4n) is 2.19. The van der Waals surface area contributed by atoms with E-state index in [1.807, 2.05) is 38.1 Å². The van der Waals surface area contributed by atoms with E-state index in [1.54, 1.807) is 30.3 Å². The van der Waals surface area contributed by atoms with Gasteiger partial charge in [0, 0.05) is 23.7 Å². The van der Waals surface area contributed by atoms with Crippen molar-refractivity contribution in [3.05, 3.63) is 65.7 Å². The van der Waals surface area contributed by atoms with Crippen LogP contribution in [-0.4, -0.2) is 17.8 Å². The normalized spacial score (nSPS) is 10.8. The molecule has 0 bridgehead atoms. The number of hydrogen-bond acceptors (Lipinski definition) is 3. The van der Waals surface area contributed by atoms with Crippen molar-refractivity contribution in [1.29, 1.82) is 0 Å². The molecule has 0 atom stereocenters. The lowest BCUT2D eigenvalue weighted by molar-refractivity contribution is -0.114. The van der Waals surface area contributed by atoms with Crippen molar-refractivity contribution in [2.75, 3.05) is 5.32 Å². The number of ketones is 1. The number of rotatable bonds is 6. The van der Waals surface area contributed by atoms with Gasteiger partial charge in [-0.3, -0.25) is 9.59 Å². The highest BCUT2D eigenvalue weighted by Gasteiger charge is 2.06. The number of para-hydroxylation sites is 1. The summed E-state index contributed by atoms with van der Waals surface area (Å²) in [5.41, 5.74) is 1.96. The van der Waals surface area contributed by atoms with Crippen molar-refractivity contribution in [1.82, 2.24) is 0 Å². The van der Waals surface area contributed by atoms with E-state index in [0.29, 0.717) is 11.3 Å². The van der Waals surface area contributed by atoms with Crippen LogP contribution in [0.15, 0.2) is 54.6 Å². The monoisotopic (exact) mass is 323 g/mol. The Bertz CT molecular complexity index is 763. The van der Waals surface area contributed by atoms with Gasteiger partial charge in [0.2, 0.25) is 5.91 Å². The van der Waals surface area contributed by atoms with Gasteiger partial charge < -0.3 is 10.1 Å². The number of benzene rings is 2. The Morgan fingerprint density at radius 1 is 1.08 bits per heavy atom. The molecule has 2 aromatic carbocycles. The summed E-state index contributed by atoms with van der Waals surface area (Å²) >= 11 is 0. The maximum Gasteiger partial charge on any atom is 0.221 e. The Kier molecular flexibility index (Phi) is 5.90. The summed E-state index contributed by atoms with van der Waals surface area (Å²) in [6.45, 7) is 5.35. The van der Waals surface area contributed by atoms with E-state index in [2.05, 4.69) is 5.32 Å². The van der Waals surface area contributed by atoms with Crippen molar-refractivity contribution >= 4 is 23.5 Å². The molecule has 0 unspecified atom stereocenters. The molecule has 24 heavy (non-hydrogen) atoms. The van der Waals surface area contributed by atoms with Crippen LogP contribution in [0.5, 0.6) is 5.75 Å². The Labute approximate surface area is 142 Å². The second-order valence-electron chi connectivity index (χ2n) is 5.66. The molecule has 4 heteroatoms. The molecule has 0 aromatic heterocycles. The van der Waals surface area contributed by atoms with Crippen LogP contribution in [0, 0.1) is 0 Å². The molecule has 0 radical (unpaired) electrons. The number of anilines is 1. The first-order valence-electron chi connectivity index (χ1n) is 7.81. The quantitative estimate of drug-likeness (QED) is 0.636. The Hall–Kier alpha value is -2.88. The maximum absolute atomic E-state index is 12.3. The molecule has 0 saturated heterocycles. The summed E-state index contributed by atoms with van der Waals surface area (Å²) < 4.78 is 5.74. The topological polar surface area (TPSA) is 55.4 Å². The van der Waals surface area contributed by atoms with Crippen LogP contribution in [-0.2, 0) is 4.79 Å². The van der Waals surface area contributed by atoms with Crippen LogP contribution in [0.1, 0.15) is 36.7 Å². The van der Waals surface area contributed by atoms with Crippen molar-refractivity contribution < 1.29 is 14.3 Å². The minimum Gasteiger partial charge on any atom is -0.490 e. The number of ether oxygens (including phenoxy) is 1. The number of allylic oxidation sites excluding steroid dienone is 1. The summed E-state index contributed by atoms with van der Waals surface area (Å²) in [5, 5.41) is 2.67. The maximum atomic E-state index is 12.3. The standard InChI is InChI=1S/C20H21NO3/c1-14(2)24-20-10-5-4-7-16(20)11-12-19(23)17-8-6-9-18(13-17)21-15(3)22/h4-14H,1-3H3,(H,21,22)/b12-11+. The molecular weight excluding hydrogens is 302 g/mol. The van der Waals surface area contributed by atoms with E-state index >= 15 is 0 Å². The number of carbonyl (C=O) groups excluding carboxylic acids is 2. The van der Waals surface area contributed by atoms with Crippen LogP contribution in [0.4, 0.5) is 5.69 Å². The van der Waals surface area contributed by atoms with Crippen LogP contribution < -0.4 is 10.1 Å². The van der Waals surface area contributed by atoms with Crippen molar-refractivity contribution in [3.8, 4) is 5.75 Å². The average Bonchev–Trinajstić information content (AvgIpc) is 2.53. The second-order valence-corrected chi connectivity index (χ2v) is 5.66. The first-order valence-corrected chi connectivity index (χ1v) is 7.81. The molecule has 2 rings (SSSR count). The van der Waals surface area contributed by atoms with E-state index in [4.69, 9.17) is 4.74 Å². The van der Waals surface area contributed by atoms with Gasteiger partial charge in [0.15, 0.2) is 5.78 Å². The second kappa shape index (κ2) is 8.11. The fraction of sp³-hybridized carbons (Fsp3) is 0.200. The SMILES string of the molecule is CC(=O)Nc1cccc(C(=O)/C=C/c2ccccc2OC(C)C)c1. The molecule has 2 aromatic rings. The Morgan fingerprint density at radius 2 is 1.83 bits per heavy atom. The van der Waals surface area contributed by atoms with Crippen LogP contribution in [0.3, 0.4) is 0 Å². The smallest absolute Gasteiger partial charge is 0.221 e. The van der Waals surface area contributed by atoms with Gasteiger partial charge in [0.25, 0.3) is 0 Å². The lowest BCUT2D eigenvalue weighted by atomic mass is 10.1. The van der Waals surface area contributed by atoms with Gasteiger partial charge in [0.1, 0.15) is 5.75 Å². The summed E-state index contributed by atoms with van der Waals surface area (Å²) in [6.07, 6.45) is 3.31. The van der Waals surface area contributed by atoms with Crippen LogP contribution >= 0.6 is 0 Å². The number of nitrogens with one attached hydrogen (secondary N) is 1. The molecule has 1 amide bonds. The summed E-state index contributed by atoms with van der Waals surface area (Å²) in [7, 11) is 0. The average molecular weight is 323 g/mol. The third-order valence-electron chi connectivity index (χ3n) is 3.16. The lowest BCUT2D eigenvalue weighted by Crippen LogP contribution is -2.07. The van der Waals surface area contributed by atoms with Gasteiger partial charge in [0.05, 0.1) is 6.10 Å². The molecule has 0 saturated carbocycles. The molecule has 1 N–H and O–H groups in total. The van der Waals surface area contributed by atoms with Crippen molar-refractivity contribution in [2.45, 2.75) is 26.9 Å². The first-order chi connectivity index (χ1) is 11.5. The van der Waals surface area contributed by atoms with Gasteiger partial charge >= 0.3 is 0 Å². The van der Waals surface area contributed by atoms with Gasteiger partial charge in [-0.25, -0.2) is 0 Å². The Balaban J connectivity index is 2.18. The molecule has 0 aliphatic rings. The minimum absolute atomic E-state index is 0.0598. The van der Waals surface area contributed by atoms with Gasteiger partial charge in [-0.1, -0.05) is 30.3 Å². The highest BCUT2D eigenvalue weighted by molar-refractivity contribution is 6.07. The van der Waals surface area contributed by atoms with E-state index in [0.717, 1.165) is 11.3 Å². The van der Waals surface area contributed by atoms with E-state index in [-0.39, 0.29) is 17.8 Å². The summed E-state index contributed by atoms with van der Waals surface area (Å²) in [6, 6.07) is 14.4. The molecule has 4 nitrogen and oxygen atoms in total. The van der Waals surface area contributed by atoms with E-state index in [9.17, 15) is 9.59 Å². The van der Waals surface area contributed by atoms with Crippen LogP contribution in [0.25, 0.3) is 6.08 Å². The summed E-state index contributed by atoms with van der Waals surface area (Å²) in [5.74, 6) is 0.431. The highest BCUT2D eigenvalue weighted by Crippen LogP contribution is 2.21. The minimum atomic E-state index is -0.171. The number of hydrogen-bond donors (Lipinski definition) is 1. The zero-order chi connectivity index (χ0) is 17.5. The predicted molar refractivity (Wildman–Crippen MR) is 96.3 cm³/mol. The van der Waals surface area contributed by atoms with Gasteiger partial charge in [-0.2, -0.15) is 0 Å². The van der Waals surface area contributed by atoms with Crippen molar-refractivity contribution in [3.63, 3.8) is 0 Å². The highest BCUT2D eigenvalue weighted by atomic mass is 16.5. The molecule has 124 valence electrons. The fourth-order valence-corrected chi connectivity index (χ4v) is 2.19. The van der Waals surface area contributed by atoms with E-state index < -0.39 is 0 Å². The molecule has 0 aliphatic carbocycles. The number of amides is 1. The zero-order valence-electron chi connectivity index (χ0n) is 14.1. The summed E-state index contributed by atoms with van der Waals surface area (Å²) in [4.78, 5) is 23.5. The van der Waals surface area contributed by atoms with Crippen molar-refractivity contribution in [2.24, 2.45) is 0 Å². The molecule has 0 aliphatic heterocycles. The molecular formula is C20H21NO3. The molecule has 0 heterocycles. The molecule has 0 spiro atoms. The van der Waals surface area contributed by atoms with Gasteiger partial charge in [-0.15, -0.1) is 0 Å². The molecule has 0 fully saturated rings. The Morgan fingerprint density at radius 3 is 2.54 bits per heavy atom.